The van der Waals surface area contributed by atoms with E-state index in [1.54, 1.807) is 0 Å². The first-order chi connectivity index (χ1) is 9.69. The van der Waals surface area contributed by atoms with Crippen LogP contribution in [0, 0.1) is 5.92 Å². The van der Waals surface area contributed by atoms with Crippen molar-refractivity contribution in [1.29, 1.82) is 0 Å². The van der Waals surface area contributed by atoms with Gasteiger partial charge in [0.2, 0.25) is 0 Å². The highest BCUT2D eigenvalue weighted by molar-refractivity contribution is 5.17. The fourth-order valence-corrected chi connectivity index (χ4v) is 3.08. The SMILES string of the molecule is CCN1CCC(CN(C)C[C@@H](O)c2ccccc2)CC1. The first kappa shape index (κ1) is 15.5. The Morgan fingerprint density at radius 2 is 1.90 bits per heavy atom. The van der Waals surface area contributed by atoms with E-state index in [1.165, 1.54) is 32.5 Å². The predicted octanol–water partition coefficient (Wildman–Crippen LogP) is 2.38. The average molecular weight is 276 g/mol. The van der Waals surface area contributed by atoms with Crippen LogP contribution in [0.15, 0.2) is 30.3 Å². The lowest BCUT2D eigenvalue weighted by atomic mass is 9.96. The number of nitrogens with zero attached hydrogens (tertiary/aromatic N) is 2. The minimum atomic E-state index is -0.378. The maximum absolute atomic E-state index is 10.3. The summed E-state index contributed by atoms with van der Waals surface area (Å²) in [7, 11) is 2.12. The molecular weight excluding hydrogens is 248 g/mol. The van der Waals surface area contributed by atoms with Crippen LogP contribution in [-0.4, -0.2) is 54.7 Å². The highest BCUT2D eigenvalue weighted by atomic mass is 16.3. The molecule has 1 saturated heterocycles. The number of aliphatic hydroxyl groups excluding tert-OH is 1. The summed E-state index contributed by atoms with van der Waals surface area (Å²) in [5.41, 5.74) is 1.01. The summed E-state index contributed by atoms with van der Waals surface area (Å²) in [6, 6.07) is 9.95. The molecule has 20 heavy (non-hydrogen) atoms. The Kier molecular flexibility index (Phi) is 6.02. The number of hydrogen-bond donors (Lipinski definition) is 1. The fourth-order valence-electron chi connectivity index (χ4n) is 3.08. The van der Waals surface area contributed by atoms with Crippen LogP contribution < -0.4 is 0 Å². The second-order valence-electron chi connectivity index (χ2n) is 6.03. The van der Waals surface area contributed by atoms with Gasteiger partial charge in [-0.15, -0.1) is 0 Å². The van der Waals surface area contributed by atoms with Crippen LogP contribution in [-0.2, 0) is 0 Å². The molecule has 0 radical (unpaired) electrons. The van der Waals surface area contributed by atoms with Crippen LogP contribution in [0.3, 0.4) is 0 Å². The summed E-state index contributed by atoms with van der Waals surface area (Å²) in [5, 5.41) is 10.3. The van der Waals surface area contributed by atoms with E-state index in [0.717, 1.165) is 24.6 Å². The van der Waals surface area contributed by atoms with Crippen LogP contribution in [0.2, 0.25) is 0 Å². The van der Waals surface area contributed by atoms with Crippen molar-refractivity contribution in [2.75, 3.05) is 39.8 Å². The Hall–Kier alpha value is -0.900. The first-order valence-electron chi connectivity index (χ1n) is 7.83. The second-order valence-corrected chi connectivity index (χ2v) is 6.03. The van der Waals surface area contributed by atoms with Gasteiger partial charge in [-0.2, -0.15) is 0 Å². The van der Waals surface area contributed by atoms with Crippen molar-refractivity contribution in [3.8, 4) is 0 Å². The first-order valence-corrected chi connectivity index (χ1v) is 7.83. The van der Waals surface area contributed by atoms with E-state index < -0.39 is 0 Å². The standard InChI is InChI=1S/C17H28N2O/c1-3-19-11-9-15(10-12-19)13-18(2)14-17(20)16-7-5-4-6-8-16/h4-8,15,17,20H,3,9-14H2,1-2H3/t17-/m1/s1. The summed E-state index contributed by atoms with van der Waals surface area (Å²) in [5.74, 6) is 0.783. The molecule has 1 heterocycles. The fraction of sp³-hybridized carbons (Fsp3) is 0.647. The monoisotopic (exact) mass is 276 g/mol. The third-order valence-electron chi connectivity index (χ3n) is 4.39. The number of likely N-dealkylation sites (tertiary alicyclic amines) is 1. The quantitative estimate of drug-likeness (QED) is 0.864. The number of aliphatic hydroxyl groups is 1. The van der Waals surface area contributed by atoms with Crippen LogP contribution in [0.25, 0.3) is 0 Å². The summed E-state index contributed by atoms with van der Waals surface area (Å²) >= 11 is 0. The van der Waals surface area contributed by atoms with Gasteiger partial charge in [-0.25, -0.2) is 0 Å². The number of rotatable bonds is 6. The van der Waals surface area contributed by atoms with Gasteiger partial charge in [0.05, 0.1) is 6.10 Å². The highest BCUT2D eigenvalue weighted by Crippen LogP contribution is 2.19. The molecule has 3 heteroatoms. The van der Waals surface area contributed by atoms with Crippen molar-refractivity contribution in [3.63, 3.8) is 0 Å². The molecular formula is C17H28N2O. The molecule has 1 aliphatic heterocycles. The van der Waals surface area contributed by atoms with Crippen molar-refractivity contribution >= 4 is 0 Å². The van der Waals surface area contributed by atoms with Crippen LogP contribution in [0.1, 0.15) is 31.4 Å². The molecule has 3 nitrogen and oxygen atoms in total. The van der Waals surface area contributed by atoms with Gasteiger partial charge < -0.3 is 14.9 Å². The van der Waals surface area contributed by atoms with Gasteiger partial charge in [0.25, 0.3) is 0 Å². The van der Waals surface area contributed by atoms with Gasteiger partial charge in [-0.05, 0) is 51.0 Å². The zero-order valence-electron chi connectivity index (χ0n) is 12.8. The largest absolute Gasteiger partial charge is 0.387 e. The number of hydrogen-bond acceptors (Lipinski definition) is 3. The molecule has 0 unspecified atom stereocenters. The Labute approximate surface area is 123 Å². The van der Waals surface area contributed by atoms with E-state index in [4.69, 9.17) is 0 Å². The van der Waals surface area contributed by atoms with Crippen LogP contribution in [0.4, 0.5) is 0 Å². The van der Waals surface area contributed by atoms with Gasteiger partial charge in [-0.3, -0.25) is 0 Å². The summed E-state index contributed by atoms with van der Waals surface area (Å²) in [4.78, 5) is 4.80. The third-order valence-corrected chi connectivity index (χ3v) is 4.39. The lowest BCUT2D eigenvalue weighted by Gasteiger charge is -2.33. The number of likely N-dealkylation sites (N-methyl/N-ethyl adjacent to an activating group) is 1. The molecule has 1 fully saturated rings. The normalized spacial score (nSPS) is 19.4. The zero-order chi connectivity index (χ0) is 14.4. The maximum atomic E-state index is 10.3. The molecule has 0 saturated carbocycles. The smallest absolute Gasteiger partial charge is 0.0916 e. The summed E-state index contributed by atoms with van der Waals surface area (Å²) in [6.45, 7) is 7.70. The summed E-state index contributed by atoms with van der Waals surface area (Å²) in [6.07, 6.45) is 2.20. The molecule has 1 atom stereocenters. The van der Waals surface area contributed by atoms with E-state index in [2.05, 4.69) is 23.8 Å². The molecule has 0 bridgehead atoms. The van der Waals surface area contributed by atoms with Gasteiger partial charge >= 0.3 is 0 Å². The Balaban J connectivity index is 1.74. The van der Waals surface area contributed by atoms with Crippen molar-refractivity contribution in [3.05, 3.63) is 35.9 Å². The Morgan fingerprint density at radius 1 is 1.25 bits per heavy atom. The lowest BCUT2D eigenvalue weighted by molar-refractivity contribution is 0.103. The van der Waals surface area contributed by atoms with Crippen LogP contribution in [0.5, 0.6) is 0 Å². The lowest BCUT2D eigenvalue weighted by Crippen LogP contribution is -2.38. The highest BCUT2D eigenvalue weighted by Gasteiger charge is 2.20. The minimum Gasteiger partial charge on any atom is -0.387 e. The zero-order valence-corrected chi connectivity index (χ0v) is 12.8. The molecule has 0 aliphatic carbocycles. The van der Waals surface area contributed by atoms with Crippen LogP contribution >= 0.6 is 0 Å². The molecule has 1 aromatic rings. The van der Waals surface area contributed by atoms with Crippen molar-refractivity contribution in [2.24, 2.45) is 5.92 Å². The summed E-state index contributed by atoms with van der Waals surface area (Å²) < 4.78 is 0. The molecule has 1 aliphatic rings. The molecule has 0 spiro atoms. The van der Waals surface area contributed by atoms with E-state index in [-0.39, 0.29) is 6.10 Å². The number of benzene rings is 1. The van der Waals surface area contributed by atoms with Gasteiger partial charge in [0, 0.05) is 13.1 Å². The third kappa shape index (κ3) is 4.58. The molecule has 0 amide bonds. The minimum absolute atomic E-state index is 0.378. The molecule has 0 aromatic heterocycles. The second kappa shape index (κ2) is 7.77. The van der Waals surface area contributed by atoms with Crippen molar-refractivity contribution < 1.29 is 5.11 Å². The van der Waals surface area contributed by atoms with E-state index in [0.29, 0.717) is 0 Å². The van der Waals surface area contributed by atoms with Crippen molar-refractivity contribution in [2.45, 2.75) is 25.9 Å². The van der Waals surface area contributed by atoms with E-state index in [9.17, 15) is 5.11 Å². The Bertz CT molecular complexity index is 374. The number of piperidine rings is 1. The van der Waals surface area contributed by atoms with Crippen molar-refractivity contribution in [1.82, 2.24) is 9.80 Å². The molecule has 2 rings (SSSR count). The van der Waals surface area contributed by atoms with E-state index >= 15 is 0 Å². The van der Waals surface area contributed by atoms with Gasteiger partial charge in [0.15, 0.2) is 0 Å². The predicted molar refractivity (Wildman–Crippen MR) is 83.7 cm³/mol. The Morgan fingerprint density at radius 3 is 2.50 bits per heavy atom. The average Bonchev–Trinajstić information content (AvgIpc) is 2.49. The molecule has 112 valence electrons. The maximum Gasteiger partial charge on any atom is 0.0916 e. The molecule has 1 N–H and O–H groups in total. The molecule has 1 aromatic carbocycles. The van der Waals surface area contributed by atoms with Gasteiger partial charge in [0.1, 0.15) is 0 Å². The topological polar surface area (TPSA) is 26.7 Å². The van der Waals surface area contributed by atoms with Gasteiger partial charge in [-0.1, -0.05) is 37.3 Å². The van der Waals surface area contributed by atoms with E-state index in [1.807, 2.05) is 30.3 Å².